The number of amides is 2. The lowest BCUT2D eigenvalue weighted by atomic mass is 10.2. The zero-order valence-electron chi connectivity index (χ0n) is 9.46. The fourth-order valence-corrected chi connectivity index (χ4v) is 2.52. The third-order valence-electron chi connectivity index (χ3n) is 3.57. The summed E-state index contributed by atoms with van der Waals surface area (Å²) in [6.07, 6.45) is 5.94. The minimum atomic E-state index is 0.139. The molecule has 1 atom stereocenters. The zero-order chi connectivity index (χ0) is 10.7. The van der Waals surface area contributed by atoms with Gasteiger partial charge in [-0.3, -0.25) is 0 Å². The normalized spacial score (nSPS) is 27.3. The molecular weight excluding hydrogens is 190 g/mol. The molecule has 0 aromatic rings. The molecule has 0 aromatic heterocycles. The smallest absolute Gasteiger partial charge is 0.317 e. The van der Waals surface area contributed by atoms with Gasteiger partial charge >= 0.3 is 6.03 Å². The van der Waals surface area contributed by atoms with Crippen molar-refractivity contribution in [1.82, 2.24) is 15.5 Å². The van der Waals surface area contributed by atoms with E-state index in [1.807, 2.05) is 11.9 Å². The second kappa shape index (κ2) is 4.84. The van der Waals surface area contributed by atoms with Gasteiger partial charge in [0.2, 0.25) is 0 Å². The Morgan fingerprint density at radius 3 is 2.53 bits per heavy atom. The predicted molar refractivity (Wildman–Crippen MR) is 59.8 cm³/mol. The first kappa shape index (κ1) is 10.7. The molecule has 2 N–H and O–H groups in total. The van der Waals surface area contributed by atoms with Crippen molar-refractivity contribution in [3.63, 3.8) is 0 Å². The molecule has 1 aliphatic carbocycles. The van der Waals surface area contributed by atoms with Crippen molar-refractivity contribution in [2.75, 3.05) is 20.1 Å². The first-order chi connectivity index (χ1) is 7.29. The maximum absolute atomic E-state index is 11.8. The number of nitrogens with one attached hydrogen (secondary N) is 2. The Balaban J connectivity index is 1.76. The van der Waals surface area contributed by atoms with Crippen molar-refractivity contribution in [1.29, 1.82) is 0 Å². The average Bonchev–Trinajstić information content (AvgIpc) is 2.86. The lowest BCUT2D eigenvalue weighted by molar-refractivity contribution is 0.203. The van der Waals surface area contributed by atoms with Crippen LogP contribution < -0.4 is 10.6 Å². The Bertz CT molecular complexity index is 226. The molecule has 2 rings (SSSR count). The summed E-state index contributed by atoms with van der Waals surface area (Å²) in [6.45, 7) is 1.75. The summed E-state index contributed by atoms with van der Waals surface area (Å²) in [4.78, 5) is 13.8. The van der Waals surface area contributed by atoms with Gasteiger partial charge in [-0.2, -0.15) is 0 Å². The molecule has 15 heavy (non-hydrogen) atoms. The maximum atomic E-state index is 11.8. The molecule has 0 radical (unpaired) electrons. The van der Waals surface area contributed by atoms with Gasteiger partial charge < -0.3 is 15.5 Å². The molecule has 0 bridgehead atoms. The number of carbonyl (C=O) groups is 1. The van der Waals surface area contributed by atoms with E-state index in [0.717, 1.165) is 32.4 Å². The maximum Gasteiger partial charge on any atom is 0.317 e. The van der Waals surface area contributed by atoms with E-state index in [2.05, 4.69) is 10.6 Å². The van der Waals surface area contributed by atoms with Gasteiger partial charge in [-0.1, -0.05) is 12.8 Å². The number of urea groups is 1. The quantitative estimate of drug-likeness (QED) is 0.713. The average molecular weight is 211 g/mol. The van der Waals surface area contributed by atoms with Crippen LogP contribution in [0.15, 0.2) is 0 Å². The third kappa shape index (κ3) is 2.62. The van der Waals surface area contributed by atoms with Crippen molar-refractivity contribution >= 4 is 6.03 Å². The topological polar surface area (TPSA) is 44.4 Å². The summed E-state index contributed by atoms with van der Waals surface area (Å²) in [6, 6.07) is 1.06. The van der Waals surface area contributed by atoms with Crippen LogP contribution in [0.1, 0.15) is 32.1 Å². The standard InChI is InChI=1S/C11H21N3O/c1-12-10-6-7-14(8-10)11(15)13-9-4-2-3-5-9/h9-10,12H,2-8H2,1H3,(H,13,15). The van der Waals surface area contributed by atoms with Crippen molar-refractivity contribution in [2.45, 2.75) is 44.2 Å². The van der Waals surface area contributed by atoms with Crippen LogP contribution in [0.5, 0.6) is 0 Å². The summed E-state index contributed by atoms with van der Waals surface area (Å²) in [5, 5.41) is 6.35. The summed E-state index contributed by atoms with van der Waals surface area (Å²) in [7, 11) is 1.96. The van der Waals surface area contributed by atoms with Gasteiger partial charge in [0.25, 0.3) is 0 Å². The van der Waals surface area contributed by atoms with Gasteiger partial charge in [0.15, 0.2) is 0 Å². The fraction of sp³-hybridized carbons (Fsp3) is 0.909. The molecule has 2 fully saturated rings. The minimum absolute atomic E-state index is 0.139. The highest BCUT2D eigenvalue weighted by molar-refractivity contribution is 5.74. The zero-order valence-corrected chi connectivity index (χ0v) is 9.46. The Morgan fingerprint density at radius 1 is 1.20 bits per heavy atom. The van der Waals surface area contributed by atoms with E-state index in [1.54, 1.807) is 0 Å². The number of likely N-dealkylation sites (N-methyl/N-ethyl adjacent to an activating group) is 1. The van der Waals surface area contributed by atoms with E-state index in [-0.39, 0.29) is 6.03 Å². The summed E-state index contributed by atoms with van der Waals surface area (Å²) >= 11 is 0. The summed E-state index contributed by atoms with van der Waals surface area (Å²) in [5.74, 6) is 0. The molecule has 2 amide bonds. The Kier molecular flexibility index (Phi) is 3.46. The SMILES string of the molecule is CNC1CCN(C(=O)NC2CCCC2)C1. The van der Waals surface area contributed by atoms with Crippen LogP contribution in [0.2, 0.25) is 0 Å². The van der Waals surface area contributed by atoms with E-state index in [9.17, 15) is 4.79 Å². The molecule has 1 saturated carbocycles. The van der Waals surface area contributed by atoms with Crippen molar-refractivity contribution < 1.29 is 4.79 Å². The number of carbonyl (C=O) groups excluding carboxylic acids is 1. The first-order valence-electron chi connectivity index (χ1n) is 6.02. The van der Waals surface area contributed by atoms with Gasteiger partial charge in [-0.05, 0) is 26.3 Å². The van der Waals surface area contributed by atoms with Crippen LogP contribution in [0, 0.1) is 0 Å². The monoisotopic (exact) mass is 211 g/mol. The van der Waals surface area contributed by atoms with Gasteiger partial charge in [0.1, 0.15) is 0 Å². The Hall–Kier alpha value is -0.770. The minimum Gasteiger partial charge on any atom is -0.335 e. The molecule has 86 valence electrons. The first-order valence-corrected chi connectivity index (χ1v) is 6.02. The van der Waals surface area contributed by atoms with Crippen LogP contribution in [-0.2, 0) is 0 Å². The molecule has 2 aliphatic rings. The third-order valence-corrected chi connectivity index (χ3v) is 3.57. The molecular formula is C11H21N3O. The predicted octanol–water partition coefficient (Wildman–Crippen LogP) is 0.932. The van der Waals surface area contributed by atoms with E-state index in [1.165, 1.54) is 12.8 Å². The van der Waals surface area contributed by atoms with Gasteiger partial charge in [-0.15, -0.1) is 0 Å². The van der Waals surface area contributed by atoms with Gasteiger partial charge in [-0.25, -0.2) is 4.79 Å². The number of nitrogens with zero attached hydrogens (tertiary/aromatic N) is 1. The van der Waals surface area contributed by atoms with Crippen LogP contribution in [0.3, 0.4) is 0 Å². The molecule has 4 nitrogen and oxygen atoms in total. The molecule has 0 aromatic carbocycles. The number of rotatable bonds is 2. The Morgan fingerprint density at radius 2 is 1.93 bits per heavy atom. The number of hydrogen-bond acceptors (Lipinski definition) is 2. The van der Waals surface area contributed by atoms with Gasteiger partial charge in [0.05, 0.1) is 0 Å². The molecule has 1 aliphatic heterocycles. The van der Waals surface area contributed by atoms with E-state index >= 15 is 0 Å². The molecule has 0 spiro atoms. The van der Waals surface area contributed by atoms with E-state index in [4.69, 9.17) is 0 Å². The van der Waals surface area contributed by atoms with Crippen LogP contribution in [0.4, 0.5) is 4.79 Å². The van der Waals surface area contributed by atoms with Crippen LogP contribution >= 0.6 is 0 Å². The lowest BCUT2D eigenvalue weighted by Gasteiger charge is -2.20. The second-order valence-corrected chi connectivity index (χ2v) is 4.65. The van der Waals surface area contributed by atoms with E-state index in [0.29, 0.717) is 12.1 Å². The number of hydrogen-bond donors (Lipinski definition) is 2. The van der Waals surface area contributed by atoms with Crippen molar-refractivity contribution in [2.24, 2.45) is 0 Å². The van der Waals surface area contributed by atoms with Gasteiger partial charge in [0, 0.05) is 25.2 Å². The van der Waals surface area contributed by atoms with Crippen molar-refractivity contribution in [3.8, 4) is 0 Å². The molecule has 1 unspecified atom stereocenters. The summed E-state index contributed by atoms with van der Waals surface area (Å²) < 4.78 is 0. The highest BCUT2D eigenvalue weighted by Gasteiger charge is 2.27. The Labute approximate surface area is 91.4 Å². The second-order valence-electron chi connectivity index (χ2n) is 4.65. The highest BCUT2D eigenvalue weighted by atomic mass is 16.2. The molecule has 1 saturated heterocycles. The molecule has 1 heterocycles. The number of likely N-dealkylation sites (tertiary alicyclic amines) is 1. The molecule has 4 heteroatoms. The van der Waals surface area contributed by atoms with Crippen molar-refractivity contribution in [3.05, 3.63) is 0 Å². The van der Waals surface area contributed by atoms with Crippen LogP contribution in [-0.4, -0.2) is 43.2 Å². The largest absolute Gasteiger partial charge is 0.335 e. The highest BCUT2D eigenvalue weighted by Crippen LogP contribution is 2.18. The fourth-order valence-electron chi connectivity index (χ4n) is 2.52. The lowest BCUT2D eigenvalue weighted by Crippen LogP contribution is -2.44. The summed E-state index contributed by atoms with van der Waals surface area (Å²) in [5.41, 5.74) is 0. The van der Waals surface area contributed by atoms with Crippen LogP contribution in [0.25, 0.3) is 0 Å². The van der Waals surface area contributed by atoms with E-state index < -0.39 is 0 Å².